The van der Waals surface area contributed by atoms with Crippen LogP contribution in [0.4, 0.5) is 4.39 Å². The third-order valence-corrected chi connectivity index (χ3v) is 4.55. The predicted molar refractivity (Wildman–Crippen MR) is 94.9 cm³/mol. The molecule has 1 saturated heterocycles. The summed E-state index contributed by atoms with van der Waals surface area (Å²) >= 11 is 0. The molecule has 1 aliphatic rings. The van der Waals surface area contributed by atoms with Crippen molar-refractivity contribution in [2.75, 3.05) is 20.2 Å². The van der Waals surface area contributed by atoms with Gasteiger partial charge in [-0.3, -0.25) is 4.79 Å². The van der Waals surface area contributed by atoms with Gasteiger partial charge in [-0.15, -0.1) is 0 Å². The van der Waals surface area contributed by atoms with E-state index < -0.39 is 0 Å². The minimum absolute atomic E-state index is 0.147. The highest BCUT2D eigenvalue weighted by Gasteiger charge is 2.28. The van der Waals surface area contributed by atoms with Gasteiger partial charge in [0.15, 0.2) is 0 Å². The molecule has 1 aliphatic heterocycles. The molecule has 1 N–H and O–H groups in total. The second-order valence-electron chi connectivity index (χ2n) is 6.35. The van der Waals surface area contributed by atoms with E-state index in [1.165, 1.54) is 17.7 Å². The molecule has 0 aromatic heterocycles. The van der Waals surface area contributed by atoms with Gasteiger partial charge in [0, 0.05) is 32.1 Å². The first kappa shape index (κ1) is 17.4. The lowest BCUT2D eigenvalue weighted by Crippen LogP contribution is -2.33. The van der Waals surface area contributed by atoms with Crippen molar-refractivity contribution >= 4 is 5.91 Å². The summed E-state index contributed by atoms with van der Waals surface area (Å²) in [7, 11) is 1.65. The minimum Gasteiger partial charge on any atom is -0.497 e. The van der Waals surface area contributed by atoms with Crippen LogP contribution in [0.15, 0.2) is 48.5 Å². The summed E-state index contributed by atoms with van der Waals surface area (Å²) in [5.74, 6) is 0.792. The van der Waals surface area contributed by atoms with Crippen LogP contribution in [0.25, 0.3) is 0 Å². The molecule has 4 nitrogen and oxygen atoms in total. The first-order valence-electron chi connectivity index (χ1n) is 8.52. The number of amides is 1. The maximum Gasteiger partial charge on any atom is 0.224 e. The molecule has 0 unspecified atom stereocenters. The minimum atomic E-state index is -0.232. The number of methoxy groups -OCH3 is 1. The number of benzene rings is 2. The average Bonchev–Trinajstić information content (AvgIpc) is 3.00. The van der Waals surface area contributed by atoms with Crippen molar-refractivity contribution in [3.8, 4) is 5.75 Å². The largest absolute Gasteiger partial charge is 0.497 e. The van der Waals surface area contributed by atoms with Gasteiger partial charge in [0.05, 0.1) is 7.11 Å². The van der Waals surface area contributed by atoms with Crippen molar-refractivity contribution in [2.45, 2.75) is 25.4 Å². The van der Waals surface area contributed by atoms with Crippen LogP contribution in [0.2, 0.25) is 0 Å². The van der Waals surface area contributed by atoms with Crippen molar-refractivity contribution in [3.63, 3.8) is 0 Å². The Morgan fingerprint density at radius 3 is 2.48 bits per heavy atom. The van der Waals surface area contributed by atoms with Gasteiger partial charge in [-0.1, -0.05) is 24.3 Å². The van der Waals surface area contributed by atoms with Crippen molar-refractivity contribution in [2.24, 2.45) is 0 Å². The highest BCUT2D eigenvalue weighted by molar-refractivity contribution is 5.79. The molecule has 25 heavy (non-hydrogen) atoms. The SMILES string of the molecule is COc1ccc(CCN2C[C@H](NCc3ccc(F)cc3)CC2=O)cc1. The Morgan fingerprint density at radius 2 is 1.80 bits per heavy atom. The molecule has 1 fully saturated rings. The maximum absolute atomic E-state index is 12.9. The summed E-state index contributed by atoms with van der Waals surface area (Å²) in [4.78, 5) is 14.1. The summed E-state index contributed by atoms with van der Waals surface area (Å²) in [6.45, 7) is 2.08. The molecule has 2 aromatic carbocycles. The number of rotatable bonds is 7. The zero-order valence-corrected chi connectivity index (χ0v) is 14.4. The van der Waals surface area contributed by atoms with E-state index in [1.807, 2.05) is 29.2 Å². The summed E-state index contributed by atoms with van der Waals surface area (Å²) in [6.07, 6.45) is 1.35. The topological polar surface area (TPSA) is 41.6 Å². The maximum atomic E-state index is 12.9. The quantitative estimate of drug-likeness (QED) is 0.841. The lowest BCUT2D eigenvalue weighted by Gasteiger charge is -2.17. The predicted octanol–water partition coefficient (Wildman–Crippen LogP) is 2.77. The first-order valence-corrected chi connectivity index (χ1v) is 8.52. The number of ether oxygens (including phenoxy) is 1. The summed E-state index contributed by atoms with van der Waals surface area (Å²) in [6, 6.07) is 14.5. The fraction of sp³-hybridized carbons (Fsp3) is 0.350. The van der Waals surface area contributed by atoms with Gasteiger partial charge < -0.3 is 15.0 Å². The van der Waals surface area contributed by atoms with E-state index in [0.29, 0.717) is 13.0 Å². The normalized spacial score (nSPS) is 17.1. The third-order valence-electron chi connectivity index (χ3n) is 4.55. The van der Waals surface area contributed by atoms with Gasteiger partial charge >= 0.3 is 0 Å². The summed E-state index contributed by atoms with van der Waals surface area (Å²) < 4.78 is 18.1. The Kier molecular flexibility index (Phi) is 5.66. The highest BCUT2D eigenvalue weighted by atomic mass is 19.1. The molecule has 2 aromatic rings. The van der Waals surface area contributed by atoms with E-state index in [1.54, 1.807) is 19.2 Å². The van der Waals surface area contributed by atoms with Gasteiger partial charge in [-0.2, -0.15) is 0 Å². The van der Waals surface area contributed by atoms with E-state index >= 15 is 0 Å². The zero-order chi connectivity index (χ0) is 17.6. The smallest absolute Gasteiger partial charge is 0.224 e. The number of carbonyl (C=O) groups is 1. The Balaban J connectivity index is 1.45. The number of hydrogen-bond donors (Lipinski definition) is 1. The molecule has 0 radical (unpaired) electrons. The Hall–Kier alpha value is -2.40. The number of halogens is 1. The molecule has 1 atom stereocenters. The monoisotopic (exact) mass is 342 g/mol. The standard InChI is InChI=1S/C20H23FN2O2/c1-25-19-8-4-15(5-9-19)10-11-23-14-18(12-20(23)24)22-13-16-2-6-17(21)7-3-16/h2-9,18,22H,10-14H2,1H3/t18-/m1/s1. The second kappa shape index (κ2) is 8.12. The van der Waals surface area contributed by atoms with Gasteiger partial charge in [0.1, 0.15) is 11.6 Å². The Morgan fingerprint density at radius 1 is 1.12 bits per heavy atom. The molecule has 0 saturated carbocycles. The van der Waals surface area contributed by atoms with E-state index in [9.17, 15) is 9.18 Å². The lowest BCUT2D eigenvalue weighted by molar-refractivity contribution is -0.127. The molecule has 3 rings (SSSR count). The van der Waals surface area contributed by atoms with E-state index in [-0.39, 0.29) is 17.8 Å². The van der Waals surface area contributed by atoms with Gasteiger partial charge in [0.2, 0.25) is 5.91 Å². The number of carbonyl (C=O) groups excluding carboxylic acids is 1. The van der Waals surface area contributed by atoms with Crippen LogP contribution in [0.1, 0.15) is 17.5 Å². The highest BCUT2D eigenvalue weighted by Crippen LogP contribution is 2.15. The van der Waals surface area contributed by atoms with E-state index in [4.69, 9.17) is 4.74 Å². The first-order chi connectivity index (χ1) is 12.1. The molecular weight excluding hydrogens is 319 g/mol. The summed E-state index contributed by atoms with van der Waals surface area (Å²) in [5.41, 5.74) is 2.21. The Bertz CT molecular complexity index is 701. The molecule has 1 amide bonds. The van der Waals surface area contributed by atoms with Crippen molar-refractivity contribution in [1.82, 2.24) is 10.2 Å². The van der Waals surface area contributed by atoms with Crippen LogP contribution in [-0.4, -0.2) is 37.0 Å². The van der Waals surface area contributed by atoms with E-state index in [2.05, 4.69) is 5.32 Å². The fourth-order valence-corrected chi connectivity index (χ4v) is 3.05. The second-order valence-corrected chi connectivity index (χ2v) is 6.35. The van der Waals surface area contributed by atoms with Crippen molar-refractivity contribution in [3.05, 3.63) is 65.5 Å². The van der Waals surface area contributed by atoms with Crippen molar-refractivity contribution < 1.29 is 13.9 Å². The van der Waals surface area contributed by atoms with Crippen molar-refractivity contribution in [1.29, 1.82) is 0 Å². The average molecular weight is 342 g/mol. The Labute approximate surface area is 147 Å². The zero-order valence-electron chi connectivity index (χ0n) is 14.4. The van der Waals surface area contributed by atoms with Crippen LogP contribution >= 0.6 is 0 Å². The number of nitrogens with one attached hydrogen (secondary N) is 1. The molecule has 0 bridgehead atoms. The molecular formula is C20H23FN2O2. The van der Waals surface area contributed by atoms with Gasteiger partial charge in [0.25, 0.3) is 0 Å². The van der Waals surface area contributed by atoms with Crippen LogP contribution in [-0.2, 0) is 17.8 Å². The number of nitrogens with zero attached hydrogens (tertiary/aromatic N) is 1. The fourth-order valence-electron chi connectivity index (χ4n) is 3.05. The van der Waals surface area contributed by atoms with Gasteiger partial charge in [-0.05, 0) is 41.8 Å². The van der Waals surface area contributed by atoms with Crippen LogP contribution in [0, 0.1) is 5.82 Å². The van der Waals surface area contributed by atoms with Crippen LogP contribution < -0.4 is 10.1 Å². The molecule has 0 aliphatic carbocycles. The van der Waals surface area contributed by atoms with Gasteiger partial charge in [-0.25, -0.2) is 4.39 Å². The number of likely N-dealkylation sites (tertiary alicyclic amines) is 1. The molecule has 5 heteroatoms. The lowest BCUT2D eigenvalue weighted by atomic mass is 10.1. The molecule has 132 valence electrons. The third kappa shape index (κ3) is 4.79. The molecule has 1 heterocycles. The number of hydrogen-bond acceptors (Lipinski definition) is 3. The van der Waals surface area contributed by atoms with Crippen LogP contribution in [0.5, 0.6) is 5.75 Å². The summed E-state index contributed by atoms with van der Waals surface area (Å²) in [5, 5.41) is 3.39. The van der Waals surface area contributed by atoms with Crippen LogP contribution in [0.3, 0.4) is 0 Å². The molecule has 0 spiro atoms. The van der Waals surface area contributed by atoms with E-state index in [0.717, 1.165) is 30.8 Å².